The lowest BCUT2D eigenvalue weighted by Gasteiger charge is -2.15. The van der Waals surface area contributed by atoms with Crippen molar-refractivity contribution in [3.05, 3.63) is 15.8 Å². The maximum Gasteiger partial charge on any atom is 0.333 e. The summed E-state index contributed by atoms with van der Waals surface area (Å²) >= 11 is 0. The van der Waals surface area contributed by atoms with Crippen molar-refractivity contribution in [2.24, 2.45) is 7.05 Å². The molecule has 0 radical (unpaired) electrons. The summed E-state index contributed by atoms with van der Waals surface area (Å²) in [5.74, 6) is -0.685. The van der Waals surface area contributed by atoms with E-state index in [4.69, 9.17) is 5.11 Å². The van der Waals surface area contributed by atoms with Crippen LogP contribution in [-0.2, 0) is 18.3 Å². The molecule has 0 aliphatic heterocycles. The zero-order valence-corrected chi connectivity index (χ0v) is 11.2. The summed E-state index contributed by atoms with van der Waals surface area (Å²) < 4.78 is 1.39. The summed E-state index contributed by atoms with van der Waals surface area (Å²) in [6, 6.07) is -0.365. The molecule has 1 heterocycles. The van der Waals surface area contributed by atoms with E-state index >= 15 is 0 Å². The van der Waals surface area contributed by atoms with E-state index in [0.717, 1.165) is 0 Å². The maximum absolute atomic E-state index is 11.1. The van der Waals surface area contributed by atoms with Crippen LogP contribution in [0.4, 0.5) is 11.5 Å². The molecule has 0 saturated heterocycles. The molecule has 106 valence electrons. The minimum atomic E-state index is -0.945. The van der Waals surface area contributed by atoms with E-state index in [0.29, 0.717) is 18.5 Å². The fourth-order valence-electron chi connectivity index (χ4n) is 1.86. The van der Waals surface area contributed by atoms with E-state index in [1.54, 1.807) is 14.0 Å². The highest BCUT2D eigenvalue weighted by Crippen LogP contribution is 2.29. The van der Waals surface area contributed by atoms with Crippen LogP contribution in [0.3, 0.4) is 0 Å². The number of aliphatic carboxylic acids is 1. The minimum Gasteiger partial charge on any atom is -0.481 e. The number of hydrogen-bond donors (Lipinski definition) is 2. The normalized spacial score (nSPS) is 12.2. The molecule has 19 heavy (non-hydrogen) atoms. The van der Waals surface area contributed by atoms with Crippen LogP contribution in [0.1, 0.15) is 32.4 Å². The van der Waals surface area contributed by atoms with Gasteiger partial charge in [-0.3, -0.25) is 14.9 Å². The van der Waals surface area contributed by atoms with E-state index in [1.807, 2.05) is 6.92 Å². The Balaban J connectivity index is 3.08. The van der Waals surface area contributed by atoms with Gasteiger partial charge in [-0.25, -0.2) is 4.68 Å². The number of nitrogens with one attached hydrogen (secondary N) is 1. The van der Waals surface area contributed by atoms with Crippen LogP contribution >= 0.6 is 0 Å². The van der Waals surface area contributed by atoms with Gasteiger partial charge in [0.25, 0.3) is 0 Å². The monoisotopic (exact) mass is 270 g/mol. The lowest BCUT2D eigenvalue weighted by atomic mass is 10.1. The lowest BCUT2D eigenvalue weighted by Crippen LogP contribution is -2.24. The molecule has 0 bridgehead atoms. The molecule has 1 rings (SSSR count). The smallest absolute Gasteiger partial charge is 0.333 e. The zero-order chi connectivity index (χ0) is 14.6. The largest absolute Gasteiger partial charge is 0.481 e. The highest BCUT2D eigenvalue weighted by molar-refractivity contribution is 5.69. The van der Waals surface area contributed by atoms with E-state index in [2.05, 4.69) is 10.4 Å². The van der Waals surface area contributed by atoms with Crippen molar-refractivity contribution < 1.29 is 14.8 Å². The van der Waals surface area contributed by atoms with Crippen molar-refractivity contribution >= 4 is 17.5 Å². The molecule has 0 amide bonds. The number of nitro groups is 1. The third-order valence-electron chi connectivity index (χ3n) is 2.86. The molecule has 0 spiro atoms. The second-order valence-electron chi connectivity index (χ2n) is 4.23. The van der Waals surface area contributed by atoms with Gasteiger partial charge in [0.05, 0.1) is 11.3 Å². The minimum absolute atomic E-state index is 0.0751. The molecular formula is C11H18N4O4. The first kappa shape index (κ1) is 14.9. The number of carboxylic acid groups (broad SMARTS) is 1. The summed E-state index contributed by atoms with van der Waals surface area (Å²) in [5.41, 5.74) is 0.314. The van der Waals surface area contributed by atoms with Crippen LogP contribution in [-0.4, -0.2) is 31.8 Å². The first-order chi connectivity index (χ1) is 8.90. The standard InChI is InChI=1S/C11H18N4O4/c1-4-7(6-9(16)17)12-11-10(15(18)19)8(5-2)13-14(11)3/h7,12H,4-6H2,1-3H3,(H,16,17). The average molecular weight is 270 g/mol. The molecule has 1 aromatic heterocycles. The van der Waals surface area contributed by atoms with Gasteiger partial charge < -0.3 is 10.4 Å². The van der Waals surface area contributed by atoms with Crippen molar-refractivity contribution in [1.29, 1.82) is 0 Å². The molecule has 0 fully saturated rings. The molecule has 8 heteroatoms. The third-order valence-corrected chi connectivity index (χ3v) is 2.86. The number of rotatable bonds is 7. The molecule has 0 saturated carbocycles. The van der Waals surface area contributed by atoms with Gasteiger partial charge in [0, 0.05) is 13.1 Å². The van der Waals surface area contributed by atoms with Crippen LogP contribution in [0.2, 0.25) is 0 Å². The fraction of sp³-hybridized carbons (Fsp3) is 0.636. The Labute approximate surface area is 110 Å². The average Bonchev–Trinajstić information content (AvgIpc) is 2.64. The van der Waals surface area contributed by atoms with E-state index in [9.17, 15) is 14.9 Å². The van der Waals surface area contributed by atoms with Crippen molar-refractivity contribution in [2.45, 2.75) is 39.2 Å². The van der Waals surface area contributed by atoms with Gasteiger partial charge in [0.2, 0.25) is 5.82 Å². The molecular weight excluding hydrogens is 252 g/mol. The Morgan fingerprint density at radius 1 is 1.58 bits per heavy atom. The Hall–Kier alpha value is -2.12. The van der Waals surface area contributed by atoms with Crippen molar-refractivity contribution in [3.8, 4) is 0 Å². The van der Waals surface area contributed by atoms with E-state index in [-0.39, 0.29) is 24.0 Å². The lowest BCUT2D eigenvalue weighted by molar-refractivity contribution is -0.384. The van der Waals surface area contributed by atoms with Gasteiger partial charge in [0.1, 0.15) is 5.69 Å². The van der Waals surface area contributed by atoms with Crippen LogP contribution in [0.25, 0.3) is 0 Å². The van der Waals surface area contributed by atoms with Gasteiger partial charge in [-0.15, -0.1) is 0 Å². The van der Waals surface area contributed by atoms with Gasteiger partial charge in [-0.1, -0.05) is 13.8 Å². The fourth-order valence-corrected chi connectivity index (χ4v) is 1.86. The molecule has 2 N–H and O–H groups in total. The SMILES string of the molecule is CCc1nn(C)c(NC(CC)CC(=O)O)c1[N+](=O)[O-]. The van der Waals surface area contributed by atoms with Crippen LogP contribution < -0.4 is 5.32 Å². The maximum atomic E-state index is 11.1. The second-order valence-corrected chi connectivity index (χ2v) is 4.23. The van der Waals surface area contributed by atoms with Gasteiger partial charge >= 0.3 is 11.7 Å². The van der Waals surface area contributed by atoms with E-state index in [1.165, 1.54) is 4.68 Å². The summed E-state index contributed by atoms with van der Waals surface area (Å²) in [5, 5.41) is 26.9. The van der Waals surface area contributed by atoms with Crippen LogP contribution in [0.5, 0.6) is 0 Å². The summed E-state index contributed by atoms with van der Waals surface area (Å²) in [6.45, 7) is 3.61. The number of anilines is 1. The molecule has 1 aromatic rings. The summed E-state index contributed by atoms with van der Waals surface area (Å²) in [4.78, 5) is 21.3. The Bertz CT molecular complexity index is 483. The topological polar surface area (TPSA) is 110 Å². The molecule has 8 nitrogen and oxygen atoms in total. The van der Waals surface area contributed by atoms with Gasteiger partial charge in [-0.05, 0) is 12.8 Å². The zero-order valence-electron chi connectivity index (χ0n) is 11.2. The Kier molecular flexibility index (Phi) is 4.85. The number of carbonyl (C=O) groups is 1. The van der Waals surface area contributed by atoms with Crippen LogP contribution in [0.15, 0.2) is 0 Å². The molecule has 0 aliphatic carbocycles. The Morgan fingerprint density at radius 2 is 2.21 bits per heavy atom. The van der Waals surface area contributed by atoms with Gasteiger partial charge in [0.15, 0.2) is 0 Å². The molecule has 1 unspecified atom stereocenters. The number of carboxylic acids is 1. The third kappa shape index (κ3) is 3.43. The molecule has 0 aromatic carbocycles. The molecule has 1 atom stereocenters. The van der Waals surface area contributed by atoms with E-state index < -0.39 is 10.9 Å². The highest BCUT2D eigenvalue weighted by atomic mass is 16.6. The highest BCUT2D eigenvalue weighted by Gasteiger charge is 2.27. The van der Waals surface area contributed by atoms with Crippen molar-refractivity contribution in [3.63, 3.8) is 0 Å². The second kappa shape index (κ2) is 6.17. The predicted octanol–water partition coefficient (Wildman–Crippen LogP) is 1.56. The number of nitrogens with zero attached hydrogens (tertiary/aromatic N) is 3. The van der Waals surface area contributed by atoms with Gasteiger partial charge in [-0.2, -0.15) is 5.10 Å². The first-order valence-electron chi connectivity index (χ1n) is 6.09. The number of hydrogen-bond acceptors (Lipinski definition) is 5. The number of aryl methyl sites for hydroxylation is 2. The summed E-state index contributed by atoms with van der Waals surface area (Å²) in [6.07, 6.45) is 0.901. The molecule has 0 aliphatic rings. The predicted molar refractivity (Wildman–Crippen MR) is 69.2 cm³/mol. The number of aromatic nitrogens is 2. The van der Waals surface area contributed by atoms with Crippen molar-refractivity contribution in [2.75, 3.05) is 5.32 Å². The summed E-state index contributed by atoms with van der Waals surface area (Å²) in [7, 11) is 1.60. The quantitative estimate of drug-likeness (QED) is 0.574. The van der Waals surface area contributed by atoms with Crippen LogP contribution in [0, 0.1) is 10.1 Å². The Morgan fingerprint density at radius 3 is 2.63 bits per heavy atom. The van der Waals surface area contributed by atoms with Crippen molar-refractivity contribution in [1.82, 2.24) is 9.78 Å². The first-order valence-corrected chi connectivity index (χ1v) is 6.09.